The first-order chi connectivity index (χ1) is 7.03. The van der Waals surface area contributed by atoms with Gasteiger partial charge in [-0.3, -0.25) is 4.18 Å². The summed E-state index contributed by atoms with van der Waals surface area (Å²) in [6.45, 7) is 0.185. The molecule has 0 saturated carbocycles. The highest BCUT2D eigenvalue weighted by atomic mass is 32.2. The average Bonchev–Trinajstić information content (AvgIpc) is 2.19. The van der Waals surface area contributed by atoms with Crippen LogP contribution in [0.4, 0.5) is 0 Å². The third-order valence-corrected chi connectivity index (χ3v) is 3.43. The van der Waals surface area contributed by atoms with Crippen LogP contribution in [-0.2, 0) is 14.3 Å². The summed E-state index contributed by atoms with van der Waals surface area (Å²) < 4.78 is 26.5. The Hall–Kier alpha value is -0.520. The van der Waals surface area contributed by atoms with Crippen LogP contribution in [0.5, 0.6) is 0 Å². The van der Waals surface area contributed by atoms with Crippen LogP contribution in [0.25, 0.3) is 0 Å². The first-order valence-electron chi connectivity index (χ1n) is 4.45. The van der Waals surface area contributed by atoms with Crippen LogP contribution in [0.2, 0.25) is 0 Å². The molecule has 0 bridgehead atoms. The van der Waals surface area contributed by atoms with Gasteiger partial charge in [0.05, 0.1) is 18.1 Å². The van der Waals surface area contributed by atoms with Crippen molar-refractivity contribution in [2.45, 2.75) is 5.25 Å². The molecule has 84 valence electrons. The second-order valence-corrected chi connectivity index (χ2v) is 5.81. The lowest BCUT2D eigenvalue weighted by Crippen LogP contribution is -2.09. The first kappa shape index (κ1) is 12.5. The van der Waals surface area contributed by atoms with Gasteiger partial charge in [-0.2, -0.15) is 20.2 Å². The third-order valence-electron chi connectivity index (χ3n) is 1.89. The molecule has 1 aromatic carbocycles. The summed E-state index contributed by atoms with van der Waals surface area (Å²) in [6, 6.07) is 9.72. The highest BCUT2D eigenvalue weighted by Crippen LogP contribution is 2.26. The van der Waals surface area contributed by atoms with Crippen molar-refractivity contribution in [3.8, 4) is 0 Å². The van der Waals surface area contributed by atoms with Crippen LogP contribution in [-0.4, -0.2) is 27.5 Å². The Balaban J connectivity index is 2.66. The summed E-state index contributed by atoms with van der Waals surface area (Å²) in [4.78, 5) is 0. The van der Waals surface area contributed by atoms with E-state index in [4.69, 9.17) is 4.18 Å². The molecular formula is C10H14O3S2. The smallest absolute Gasteiger partial charge is 0.264 e. The van der Waals surface area contributed by atoms with Gasteiger partial charge in [0, 0.05) is 0 Å². The van der Waals surface area contributed by atoms with Crippen molar-refractivity contribution >= 4 is 21.9 Å². The number of hydrogen-bond acceptors (Lipinski definition) is 4. The summed E-state index contributed by atoms with van der Waals surface area (Å²) in [5.41, 5.74) is 1.08. The molecule has 1 unspecified atom stereocenters. The Morgan fingerprint density at radius 2 is 1.93 bits per heavy atom. The van der Waals surface area contributed by atoms with E-state index in [-0.39, 0.29) is 11.9 Å². The van der Waals surface area contributed by atoms with Crippen LogP contribution in [0.1, 0.15) is 10.8 Å². The normalized spacial score (nSPS) is 13.7. The molecule has 0 aliphatic carbocycles. The number of thioether (sulfide) groups is 1. The van der Waals surface area contributed by atoms with Gasteiger partial charge in [-0.1, -0.05) is 30.3 Å². The Labute approximate surface area is 95.0 Å². The maximum absolute atomic E-state index is 10.9. The van der Waals surface area contributed by atoms with E-state index >= 15 is 0 Å². The Kier molecular flexibility index (Phi) is 4.63. The van der Waals surface area contributed by atoms with Gasteiger partial charge >= 0.3 is 0 Å². The van der Waals surface area contributed by atoms with Crippen LogP contribution in [0, 0.1) is 0 Å². The van der Waals surface area contributed by atoms with E-state index in [0.717, 1.165) is 11.8 Å². The summed E-state index contributed by atoms with van der Waals surface area (Å²) in [5, 5.41) is 0.0564. The van der Waals surface area contributed by atoms with E-state index in [2.05, 4.69) is 0 Å². The first-order valence-corrected chi connectivity index (χ1v) is 7.55. The molecule has 15 heavy (non-hydrogen) atoms. The molecule has 0 saturated heterocycles. The maximum atomic E-state index is 10.9. The predicted molar refractivity (Wildman–Crippen MR) is 63.5 cm³/mol. The fourth-order valence-corrected chi connectivity index (χ4v) is 2.26. The molecule has 0 amide bonds. The summed E-state index contributed by atoms with van der Waals surface area (Å²) >= 11 is 1.57. The molecule has 0 aliphatic heterocycles. The second-order valence-electron chi connectivity index (χ2n) is 3.12. The second kappa shape index (κ2) is 5.53. The Morgan fingerprint density at radius 3 is 2.40 bits per heavy atom. The highest BCUT2D eigenvalue weighted by Gasteiger charge is 2.12. The van der Waals surface area contributed by atoms with E-state index in [1.54, 1.807) is 11.8 Å². The molecule has 0 N–H and O–H groups in total. The summed E-state index contributed by atoms with van der Waals surface area (Å²) in [7, 11) is -3.35. The van der Waals surface area contributed by atoms with Crippen molar-refractivity contribution < 1.29 is 12.6 Å². The zero-order chi connectivity index (χ0) is 11.3. The molecule has 1 aromatic rings. The molecule has 0 aromatic heterocycles. The van der Waals surface area contributed by atoms with Gasteiger partial charge in [0.15, 0.2) is 0 Å². The van der Waals surface area contributed by atoms with E-state index in [1.807, 2.05) is 36.6 Å². The fourth-order valence-electron chi connectivity index (χ4n) is 1.15. The highest BCUT2D eigenvalue weighted by molar-refractivity contribution is 7.98. The van der Waals surface area contributed by atoms with Crippen molar-refractivity contribution in [2.75, 3.05) is 19.1 Å². The van der Waals surface area contributed by atoms with Crippen molar-refractivity contribution in [1.29, 1.82) is 0 Å². The van der Waals surface area contributed by atoms with E-state index in [9.17, 15) is 8.42 Å². The zero-order valence-corrected chi connectivity index (χ0v) is 10.3. The van der Waals surface area contributed by atoms with Gasteiger partial charge in [0.25, 0.3) is 10.1 Å². The quantitative estimate of drug-likeness (QED) is 0.746. The minimum absolute atomic E-state index is 0.0564. The lowest BCUT2D eigenvalue weighted by atomic mass is 10.2. The minimum atomic E-state index is -3.35. The molecular weight excluding hydrogens is 232 g/mol. The van der Waals surface area contributed by atoms with E-state index in [1.165, 1.54) is 0 Å². The zero-order valence-electron chi connectivity index (χ0n) is 8.71. The molecule has 0 aliphatic rings. The van der Waals surface area contributed by atoms with Gasteiger partial charge in [0.1, 0.15) is 0 Å². The molecule has 0 heterocycles. The summed E-state index contributed by atoms with van der Waals surface area (Å²) in [6.07, 6.45) is 3.00. The molecule has 1 rings (SSSR count). The molecule has 3 nitrogen and oxygen atoms in total. The van der Waals surface area contributed by atoms with Crippen molar-refractivity contribution in [2.24, 2.45) is 0 Å². The van der Waals surface area contributed by atoms with Gasteiger partial charge in [-0.25, -0.2) is 0 Å². The standard InChI is InChI=1S/C10H14O3S2/c1-14-10(8-13-15(2,11)12)9-6-4-3-5-7-9/h3-7,10H,8H2,1-2H3. The van der Waals surface area contributed by atoms with Gasteiger partial charge in [-0.05, 0) is 11.8 Å². The molecule has 0 fully saturated rings. The number of hydrogen-bond donors (Lipinski definition) is 0. The molecule has 0 radical (unpaired) electrons. The van der Waals surface area contributed by atoms with Crippen LogP contribution in [0.3, 0.4) is 0 Å². The van der Waals surface area contributed by atoms with Crippen LogP contribution >= 0.6 is 11.8 Å². The number of benzene rings is 1. The maximum Gasteiger partial charge on any atom is 0.264 e. The topological polar surface area (TPSA) is 43.4 Å². The van der Waals surface area contributed by atoms with Gasteiger partial charge in [0.2, 0.25) is 0 Å². The van der Waals surface area contributed by atoms with Gasteiger partial charge < -0.3 is 0 Å². The summed E-state index contributed by atoms with van der Waals surface area (Å²) in [5.74, 6) is 0. The average molecular weight is 246 g/mol. The number of rotatable bonds is 5. The molecule has 0 spiro atoms. The fraction of sp³-hybridized carbons (Fsp3) is 0.400. The monoisotopic (exact) mass is 246 g/mol. The predicted octanol–water partition coefficient (Wildman–Crippen LogP) is 2.07. The molecule has 5 heteroatoms. The van der Waals surface area contributed by atoms with Crippen LogP contribution in [0.15, 0.2) is 30.3 Å². The Morgan fingerprint density at radius 1 is 1.33 bits per heavy atom. The van der Waals surface area contributed by atoms with E-state index in [0.29, 0.717) is 0 Å². The SMILES string of the molecule is CSC(COS(C)(=O)=O)c1ccccc1. The minimum Gasteiger partial charge on any atom is -0.269 e. The third kappa shape index (κ3) is 4.68. The van der Waals surface area contributed by atoms with Crippen LogP contribution < -0.4 is 0 Å². The lowest BCUT2D eigenvalue weighted by molar-refractivity contribution is 0.323. The molecule has 1 atom stereocenters. The van der Waals surface area contributed by atoms with Crippen molar-refractivity contribution in [1.82, 2.24) is 0 Å². The van der Waals surface area contributed by atoms with Gasteiger partial charge in [-0.15, -0.1) is 0 Å². The van der Waals surface area contributed by atoms with Crippen molar-refractivity contribution in [3.63, 3.8) is 0 Å². The van der Waals surface area contributed by atoms with Crippen molar-refractivity contribution in [3.05, 3.63) is 35.9 Å². The lowest BCUT2D eigenvalue weighted by Gasteiger charge is -2.13. The Bertz CT molecular complexity index is 386. The largest absolute Gasteiger partial charge is 0.269 e. The van der Waals surface area contributed by atoms with E-state index < -0.39 is 10.1 Å².